The number of furan rings is 1. The Morgan fingerprint density at radius 1 is 1.12 bits per heavy atom. The molecule has 2 N–H and O–H groups in total. The lowest BCUT2D eigenvalue weighted by Gasteiger charge is -2.09. The number of carbonyl (C=O) groups is 1. The molecule has 0 radical (unpaired) electrons. The molecule has 158 valence electrons. The Kier molecular flexibility index (Phi) is 4.67. The molecular formula is C21H15N7O4. The lowest BCUT2D eigenvalue weighted by Crippen LogP contribution is -2.39. The first-order chi connectivity index (χ1) is 15.6. The zero-order valence-corrected chi connectivity index (χ0v) is 16.4. The number of hydrogen-bond donors (Lipinski definition) is 2. The fourth-order valence-electron chi connectivity index (χ4n) is 3.21. The molecule has 0 spiro atoms. The van der Waals surface area contributed by atoms with E-state index in [9.17, 15) is 14.4 Å². The van der Waals surface area contributed by atoms with Crippen molar-refractivity contribution in [2.75, 3.05) is 5.32 Å². The molecule has 0 unspecified atom stereocenters. The van der Waals surface area contributed by atoms with Gasteiger partial charge in [0.2, 0.25) is 0 Å². The maximum absolute atomic E-state index is 12.8. The molecule has 11 nitrogen and oxygen atoms in total. The number of carbonyl (C=O) groups excluding carboxylic acids is 1. The third-order valence-electron chi connectivity index (χ3n) is 4.78. The number of hydrogen-bond acceptors (Lipinski definition) is 7. The van der Waals surface area contributed by atoms with Gasteiger partial charge < -0.3 is 14.7 Å². The van der Waals surface area contributed by atoms with E-state index in [2.05, 4.69) is 25.6 Å². The third kappa shape index (κ3) is 3.58. The molecule has 4 heterocycles. The summed E-state index contributed by atoms with van der Waals surface area (Å²) in [6.45, 7) is -0.0883. The molecule has 1 aromatic carbocycles. The van der Waals surface area contributed by atoms with Gasteiger partial charge in [0.25, 0.3) is 11.5 Å². The third-order valence-corrected chi connectivity index (χ3v) is 4.78. The highest BCUT2D eigenvalue weighted by Crippen LogP contribution is 2.21. The summed E-state index contributed by atoms with van der Waals surface area (Å²) in [6, 6.07) is 13.9. The van der Waals surface area contributed by atoms with Crippen molar-refractivity contribution in [3.05, 3.63) is 99.5 Å². The van der Waals surface area contributed by atoms with Gasteiger partial charge in [-0.1, -0.05) is 12.1 Å². The van der Waals surface area contributed by atoms with E-state index in [-0.39, 0.29) is 12.1 Å². The van der Waals surface area contributed by atoms with E-state index >= 15 is 0 Å². The van der Waals surface area contributed by atoms with Crippen LogP contribution in [0.2, 0.25) is 0 Å². The SMILES string of the molecule is O=C(Nc1cccc(-c2ccc3nncn3n2)c1)c1c[nH]c(=O)n(Cc2ccco2)c1=O. The number of nitrogens with one attached hydrogen (secondary N) is 2. The lowest BCUT2D eigenvalue weighted by molar-refractivity contribution is 0.102. The average molecular weight is 429 g/mol. The summed E-state index contributed by atoms with van der Waals surface area (Å²) in [5.74, 6) is -0.237. The second-order valence-corrected chi connectivity index (χ2v) is 6.87. The summed E-state index contributed by atoms with van der Waals surface area (Å²) in [4.78, 5) is 40.0. The largest absolute Gasteiger partial charge is 0.467 e. The highest BCUT2D eigenvalue weighted by atomic mass is 16.3. The smallest absolute Gasteiger partial charge is 0.328 e. The second-order valence-electron chi connectivity index (χ2n) is 6.87. The van der Waals surface area contributed by atoms with Crippen molar-refractivity contribution >= 4 is 17.2 Å². The lowest BCUT2D eigenvalue weighted by atomic mass is 10.1. The average Bonchev–Trinajstić information content (AvgIpc) is 3.48. The molecule has 0 bridgehead atoms. The van der Waals surface area contributed by atoms with E-state index in [1.54, 1.807) is 47.0 Å². The van der Waals surface area contributed by atoms with E-state index in [0.717, 1.165) is 16.3 Å². The van der Waals surface area contributed by atoms with Crippen LogP contribution in [0.5, 0.6) is 0 Å². The van der Waals surface area contributed by atoms with Crippen molar-refractivity contribution in [3.8, 4) is 11.3 Å². The summed E-state index contributed by atoms with van der Waals surface area (Å²) >= 11 is 0. The first-order valence-corrected chi connectivity index (χ1v) is 9.52. The molecule has 32 heavy (non-hydrogen) atoms. The Bertz CT molecular complexity index is 1550. The molecule has 0 aliphatic carbocycles. The predicted octanol–water partition coefficient (Wildman–Crippen LogP) is 1.53. The Morgan fingerprint density at radius 2 is 2.03 bits per heavy atom. The van der Waals surface area contributed by atoms with Crippen LogP contribution in [-0.4, -0.2) is 35.3 Å². The number of H-pyrrole nitrogens is 1. The summed E-state index contributed by atoms with van der Waals surface area (Å²) in [5, 5.41) is 14.8. The number of fused-ring (bicyclic) bond motifs is 1. The summed E-state index contributed by atoms with van der Waals surface area (Å²) < 4.78 is 7.64. The van der Waals surface area contributed by atoms with Crippen molar-refractivity contribution in [2.24, 2.45) is 0 Å². The molecule has 5 rings (SSSR count). The van der Waals surface area contributed by atoms with Gasteiger partial charge in [-0.2, -0.15) is 9.61 Å². The van der Waals surface area contributed by atoms with Crippen LogP contribution in [0.15, 0.2) is 81.3 Å². The molecule has 1 amide bonds. The van der Waals surface area contributed by atoms with Gasteiger partial charge in [0.1, 0.15) is 17.7 Å². The van der Waals surface area contributed by atoms with E-state index in [1.807, 2.05) is 6.07 Å². The van der Waals surface area contributed by atoms with E-state index in [4.69, 9.17) is 4.42 Å². The highest BCUT2D eigenvalue weighted by Gasteiger charge is 2.16. The minimum atomic E-state index is -0.724. The van der Waals surface area contributed by atoms with Crippen LogP contribution in [0.4, 0.5) is 5.69 Å². The van der Waals surface area contributed by atoms with Gasteiger partial charge in [-0.05, 0) is 36.4 Å². The quantitative estimate of drug-likeness (QED) is 0.432. The molecule has 0 atom stereocenters. The van der Waals surface area contributed by atoms with Crippen LogP contribution in [0, 0.1) is 0 Å². The fraction of sp³-hybridized carbons (Fsp3) is 0.0476. The zero-order chi connectivity index (χ0) is 22.1. The Labute approximate surface area is 179 Å². The van der Waals surface area contributed by atoms with Gasteiger partial charge in [-0.3, -0.25) is 14.2 Å². The topological polar surface area (TPSA) is 140 Å². The van der Waals surface area contributed by atoms with Gasteiger partial charge in [-0.25, -0.2) is 4.79 Å². The van der Waals surface area contributed by atoms with Crippen LogP contribution >= 0.6 is 0 Å². The molecule has 0 saturated carbocycles. The molecule has 0 saturated heterocycles. The van der Waals surface area contributed by atoms with Crippen LogP contribution in [0.3, 0.4) is 0 Å². The Balaban J connectivity index is 1.42. The molecule has 11 heteroatoms. The van der Waals surface area contributed by atoms with Gasteiger partial charge in [-0.15, -0.1) is 10.2 Å². The van der Waals surface area contributed by atoms with Crippen molar-refractivity contribution in [3.63, 3.8) is 0 Å². The minimum Gasteiger partial charge on any atom is -0.467 e. The summed E-state index contributed by atoms with van der Waals surface area (Å²) in [6.07, 6.45) is 4.03. The molecule has 5 aromatic rings. The second kappa shape index (κ2) is 7.80. The van der Waals surface area contributed by atoms with Gasteiger partial charge in [0, 0.05) is 17.4 Å². The monoisotopic (exact) mass is 429 g/mol. The number of rotatable bonds is 5. The van der Waals surface area contributed by atoms with E-state index in [0.29, 0.717) is 22.8 Å². The molecule has 0 aliphatic heterocycles. The number of aromatic amines is 1. The minimum absolute atomic E-state index is 0.0883. The maximum atomic E-state index is 12.8. The van der Waals surface area contributed by atoms with Crippen molar-refractivity contribution in [1.82, 2.24) is 29.4 Å². The van der Waals surface area contributed by atoms with E-state index < -0.39 is 17.2 Å². The first-order valence-electron chi connectivity index (χ1n) is 9.52. The van der Waals surface area contributed by atoms with Crippen LogP contribution in [0.1, 0.15) is 16.1 Å². The molecule has 0 aliphatic rings. The predicted molar refractivity (Wildman–Crippen MR) is 113 cm³/mol. The van der Waals surface area contributed by atoms with Crippen LogP contribution in [-0.2, 0) is 6.54 Å². The van der Waals surface area contributed by atoms with Crippen molar-refractivity contribution in [2.45, 2.75) is 6.54 Å². The standard InChI is InChI=1S/C21H15N7O4/c29-19(16-10-22-21(31)27(20(16)30)11-15-5-2-8-32-15)24-14-4-1-3-13(9-14)17-6-7-18-25-23-12-28(18)26-17/h1-10,12H,11H2,(H,22,31)(H,24,29). The zero-order valence-electron chi connectivity index (χ0n) is 16.4. The summed E-state index contributed by atoms with van der Waals surface area (Å²) in [7, 11) is 0. The normalized spacial score (nSPS) is 11.0. The van der Waals surface area contributed by atoms with Gasteiger partial charge in [0.15, 0.2) is 5.65 Å². The maximum Gasteiger partial charge on any atom is 0.328 e. The van der Waals surface area contributed by atoms with Crippen molar-refractivity contribution in [1.29, 1.82) is 0 Å². The molecule has 0 fully saturated rings. The molecular weight excluding hydrogens is 414 g/mol. The number of aromatic nitrogens is 6. The Hall–Kier alpha value is -4.80. The summed E-state index contributed by atoms with van der Waals surface area (Å²) in [5.41, 5.74) is 0.904. The number of amides is 1. The molecule has 4 aromatic heterocycles. The van der Waals surface area contributed by atoms with Gasteiger partial charge >= 0.3 is 5.69 Å². The first kappa shape index (κ1) is 19.2. The number of anilines is 1. The van der Waals surface area contributed by atoms with Crippen LogP contribution in [0.25, 0.3) is 16.9 Å². The fourth-order valence-corrected chi connectivity index (χ4v) is 3.21. The van der Waals surface area contributed by atoms with Crippen molar-refractivity contribution < 1.29 is 9.21 Å². The number of nitrogens with zero attached hydrogens (tertiary/aromatic N) is 5. The van der Waals surface area contributed by atoms with Crippen LogP contribution < -0.4 is 16.6 Å². The number of benzene rings is 1. The highest BCUT2D eigenvalue weighted by molar-refractivity contribution is 6.04. The van der Waals surface area contributed by atoms with Gasteiger partial charge in [0.05, 0.1) is 18.5 Å². The van der Waals surface area contributed by atoms with E-state index in [1.165, 1.54) is 12.6 Å². The Morgan fingerprint density at radius 3 is 2.88 bits per heavy atom.